The third-order valence-corrected chi connectivity index (χ3v) is 5.50. The number of aryl methyl sites for hydroxylation is 1. The Morgan fingerprint density at radius 3 is 2.88 bits per heavy atom. The van der Waals surface area contributed by atoms with E-state index in [4.69, 9.17) is 4.42 Å². The first-order chi connectivity index (χ1) is 12.7. The number of rotatable bonds is 5. The molecule has 2 aromatic carbocycles. The lowest BCUT2D eigenvalue weighted by Crippen LogP contribution is -2.31. The van der Waals surface area contributed by atoms with Gasteiger partial charge in [-0.1, -0.05) is 36.4 Å². The molecule has 0 atom stereocenters. The van der Waals surface area contributed by atoms with Gasteiger partial charge in [-0.3, -0.25) is 4.79 Å². The second-order valence-electron chi connectivity index (χ2n) is 6.38. The van der Waals surface area contributed by atoms with E-state index in [0.29, 0.717) is 17.4 Å². The summed E-state index contributed by atoms with van der Waals surface area (Å²) in [5, 5.41) is 0. The van der Waals surface area contributed by atoms with E-state index in [1.165, 1.54) is 11.1 Å². The van der Waals surface area contributed by atoms with Gasteiger partial charge in [0.2, 0.25) is 11.8 Å². The minimum atomic E-state index is 0.162. The predicted octanol–water partition coefficient (Wildman–Crippen LogP) is 4.47. The molecule has 4 rings (SSSR count). The molecule has 1 aliphatic rings. The number of aromatic nitrogens is 1. The molecule has 0 saturated heterocycles. The van der Waals surface area contributed by atoms with E-state index in [-0.39, 0.29) is 5.91 Å². The number of oxazole rings is 1. The van der Waals surface area contributed by atoms with Crippen LogP contribution in [0.5, 0.6) is 0 Å². The lowest BCUT2D eigenvalue weighted by Gasteiger charge is -2.19. The molecule has 1 aromatic heterocycles. The van der Waals surface area contributed by atoms with E-state index >= 15 is 0 Å². The van der Waals surface area contributed by atoms with Crippen LogP contribution in [0.4, 0.5) is 5.69 Å². The summed E-state index contributed by atoms with van der Waals surface area (Å²) in [7, 11) is 0. The first-order valence-electron chi connectivity index (χ1n) is 8.69. The second kappa shape index (κ2) is 7.38. The monoisotopic (exact) mass is 364 g/mol. The Bertz CT molecular complexity index is 921. The number of benzene rings is 2. The van der Waals surface area contributed by atoms with Crippen LogP contribution in [0.2, 0.25) is 0 Å². The fourth-order valence-corrected chi connectivity index (χ4v) is 4.08. The van der Waals surface area contributed by atoms with Crippen LogP contribution in [0.25, 0.3) is 11.5 Å². The zero-order valence-electron chi connectivity index (χ0n) is 14.6. The van der Waals surface area contributed by atoms with Crippen LogP contribution >= 0.6 is 11.8 Å². The number of hydrogen-bond donors (Lipinski definition) is 0. The number of thioether (sulfide) groups is 1. The second-order valence-corrected chi connectivity index (χ2v) is 7.37. The van der Waals surface area contributed by atoms with Gasteiger partial charge in [-0.05, 0) is 36.6 Å². The summed E-state index contributed by atoms with van der Waals surface area (Å²) in [4.78, 5) is 19.1. The fourth-order valence-electron chi connectivity index (χ4n) is 3.31. The predicted molar refractivity (Wildman–Crippen MR) is 105 cm³/mol. The Labute approximate surface area is 157 Å². The third kappa shape index (κ3) is 3.40. The molecule has 5 heteroatoms. The summed E-state index contributed by atoms with van der Waals surface area (Å²) < 4.78 is 5.55. The van der Waals surface area contributed by atoms with E-state index in [1.807, 2.05) is 35.2 Å². The molecule has 0 unspecified atom stereocenters. The van der Waals surface area contributed by atoms with Gasteiger partial charge in [-0.2, -0.15) is 0 Å². The summed E-state index contributed by atoms with van der Waals surface area (Å²) in [6.07, 6.45) is 2.62. The summed E-state index contributed by atoms with van der Waals surface area (Å²) >= 11 is 1.58. The fraction of sp³-hybridized carbons (Fsp3) is 0.238. The molecule has 0 fully saturated rings. The summed E-state index contributed by atoms with van der Waals surface area (Å²) in [5.41, 5.74) is 5.37. The quantitative estimate of drug-likeness (QED) is 0.670. The van der Waals surface area contributed by atoms with Gasteiger partial charge >= 0.3 is 0 Å². The van der Waals surface area contributed by atoms with Crippen molar-refractivity contribution >= 4 is 23.4 Å². The Balaban J connectivity index is 1.35. The zero-order valence-corrected chi connectivity index (χ0v) is 15.5. The van der Waals surface area contributed by atoms with Crippen LogP contribution in [0.1, 0.15) is 16.8 Å². The number of para-hydroxylation sites is 1. The van der Waals surface area contributed by atoms with Gasteiger partial charge in [0, 0.05) is 23.5 Å². The molecule has 1 aliphatic heterocycles. The molecular formula is C21H20N2O2S. The van der Waals surface area contributed by atoms with Gasteiger partial charge < -0.3 is 9.32 Å². The van der Waals surface area contributed by atoms with Crippen LogP contribution < -0.4 is 4.90 Å². The molecule has 0 aliphatic carbocycles. The largest absolute Gasteiger partial charge is 0.444 e. The van der Waals surface area contributed by atoms with E-state index in [2.05, 4.69) is 30.1 Å². The maximum atomic E-state index is 12.6. The minimum absolute atomic E-state index is 0.162. The van der Waals surface area contributed by atoms with Gasteiger partial charge in [0.25, 0.3) is 0 Å². The van der Waals surface area contributed by atoms with Crippen molar-refractivity contribution in [2.24, 2.45) is 0 Å². The van der Waals surface area contributed by atoms with E-state index in [0.717, 1.165) is 29.9 Å². The van der Waals surface area contributed by atoms with Crippen molar-refractivity contribution in [3.8, 4) is 11.5 Å². The molecule has 2 heterocycles. The van der Waals surface area contributed by atoms with E-state index in [9.17, 15) is 4.79 Å². The molecule has 26 heavy (non-hydrogen) atoms. The molecule has 0 saturated carbocycles. The molecule has 0 bridgehead atoms. The van der Waals surface area contributed by atoms with Crippen LogP contribution in [0.3, 0.4) is 0 Å². The number of anilines is 1. The number of carbonyl (C=O) groups is 1. The summed E-state index contributed by atoms with van der Waals surface area (Å²) in [5.74, 6) is 1.89. The zero-order chi connectivity index (χ0) is 17.9. The van der Waals surface area contributed by atoms with Gasteiger partial charge in [-0.15, -0.1) is 11.8 Å². The SMILES string of the molecule is Cc1cccc2c1N(C(=O)CSCc1coc(-c3ccccc3)n1)CC2. The molecule has 0 spiro atoms. The van der Waals surface area contributed by atoms with Crippen molar-refractivity contribution in [2.75, 3.05) is 17.2 Å². The van der Waals surface area contributed by atoms with Crippen LogP contribution in [-0.4, -0.2) is 23.2 Å². The van der Waals surface area contributed by atoms with E-state index < -0.39 is 0 Å². The first kappa shape index (κ1) is 16.9. The Kier molecular flexibility index (Phi) is 4.80. The lowest BCUT2D eigenvalue weighted by atomic mass is 10.1. The number of hydrogen-bond acceptors (Lipinski definition) is 4. The average molecular weight is 364 g/mol. The highest BCUT2D eigenvalue weighted by Gasteiger charge is 2.25. The molecular weight excluding hydrogens is 344 g/mol. The number of amides is 1. The molecule has 3 aromatic rings. The Hall–Kier alpha value is -2.53. The standard InChI is InChI=1S/C21H20N2O2S/c1-15-6-5-9-16-10-11-23(20(15)16)19(24)14-26-13-18-12-25-21(22-18)17-7-3-2-4-8-17/h2-9,12H,10-11,13-14H2,1H3. The van der Waals surface area contributed by atoms with Crippen molar-refractivity contribution in [2.45, 2.75) is 19.1 Å². The van der Waals surface area contributed by atoms with Gasteiger partial charge in [-0.25, -0.2) is 4.98 Å². The van der Waals surface area contributed by atoms with Crippen molar-refractivity contribution in [3.05, 3.63) is 71.6 Å². The highest BCUT2D eigenvalue weighted by Crippen LogP contribution is 2.32. The van der Waals surface area contributed by atoms with Crippen molar-refractivity contribution in [1.29, 1.82) is 0 Å². The summed E-state index contributed by atoms with van der Waals surface area (Å²) in [6, 6.07) is 16.1. The summed E-state index contributed by atoms with van der Waals surface area (Å²) in [6.45, 7) is 2.85. The molecule has 4 nitrogen and oxygen atoms in total. The average Bonchev–Trinajstić information content (AvgIpc) is 3.30. The van der Waals surface area contributed by atoms with Crippen molar-refractivity contribution < 1.29 is 9.21 Å². The Morgan fingerprint density at radius 1 is 1.19 bits per heavy atom. The highest BCUT2D eigenvalue weighted by molar-refractivity contribution is 7.99. The van der Waals surface area contributed by atoms with Crippen molar-refractivity contribution in [3.63, 3.8) is 0 Å². The third-order valence-electron chi connectivity index (χ3n) is 4.55. The van der Waals surface area contributed by atoms with E-state index in [1.54, 1.807) is 18.0 Å². The lowest BCUT2D eigenvalue weighted by molar-refractivity contribution is -0.116. The van der Waals surface area contributed by atoms with Gasteiger partial charge in [0.05, 0.1) is 11.4 Å². The van der Waals surface area contributed by atoms with Crippen LogP contribution in [0, 0.1) is 6.92 Å². The number of carbonyl (C=O) groups excluding carboxylic acids is 1. The smallest absolute Gasteiger partial charge is 0.237 e. The normalized spacial score (nSPS) is 13.0. The maximum Gasteiger partial charge on any atom is 0.237 e. The van der Waals surface area contributed by atoms with Crippen LogP contribution in [0.15, 0.2) is 59.2 Å². The molecule has 0 N–H and O–H groups in total. The minimum Gasteiger partial charge on any atom is -0.444 e. The topological polar surface area (TPSA) is 46.3 Å². The molecule has 0 radical (unpaired) electrons. The maximum absolute atomic E-state index is 12.6. The van der Waals surface area contributed by atoms with Gasteiger partial charge in [0.15, 0.2) is 0 Å². The molecule has 132 valence electrons. The Morgan fingerprint density at radius 2 is 2.04 bits per heavy atom. The number of nitrogens with zero attached hydrogens (tertiary/aromatic N) is 2. The van der Waals surface area contributed by atoms with Crippen LogP contribution in [-0.2, 0) is 17.0 Å². The van der Waals surface area contributed by atoms with Gasteiger partial charge in [0.1, 0.15) is 6.26 Å². The van der Waals surface area contributed by atoms with Crippen molar-refractivity contribution in [1.82, 2.24) is 4.98 Å². The number of fused-ring (bicyclic) bond motifs is 1. The first-order valence-corrected chi connectivity index (χ1v) is 9.84. The molecule has 1 amide bonds. The highest BCUT2D eigenvalue weighted by atomic mass is 32.2.